The van der Waals surface area contributed by atoms with Gasteiger partial charge in [0.25, 0.3) is 5.56 Å². The third kappa shape index (κ3) is 2.78. The van der Waals surface area contributed by atoms with Crippen LogP contribution in [-0.4, -0.2) is 51.5 Å². The van der Waals surface area contributed by atoms with Gasteiger partial charge in [-0.2, -0.15) is 0 Å². The lowest BCUT2D eigenvalue weighted by Crippen LogP contribution is -2.39. The van der Waals surface area contributed by atoms with Crippen molar-refractivity contribution in [1.29, 1.82) is 0 Å². The zero-order valence-electron chi connectivity index (χ0n) is 10.1. The Morgan fingerprint density at radius 1 is 1.50 bits per heavy atom. The van der Waals surface area contributed by atoms with Gasteiger partial charge in [-0.15, -0.1) is 0 Å². The molecule has 0 radical (unpaired) electrons. The largest absolute Gasteiger partial charge is 0.394 e. The fourth-order valence-electron chi connectivity index (χ4n) is 1.93. The smallest absolute Gasteiger partial charge is 0.330 e. The number of halogens is 1. The van der Waals surface area contributed by atoms with Crippen molar-refractivity contribution >= 4 is 0 Å². The zero-order valence-corrected chi connectivity index (χ0v) is 10.1. The molecule has 1 aliphatic rings. The van der Waals surface area contributed by atoms with Gasteiger partial charge in [0.1, 0.15) is 12.2 Å². The monoisotopic (exact) mass is 292 g/mol. The number of nitrogens with zero attached hydrogens (tertiary/aromatic N) is 1. The fraction of sp³-hybridized carbons (Fsp3) is 0.600. The van der Waals surface area contributed by atoms with Crippen LogP contribution < -0.4 is 11.2 Å². The molecule has 1 saturated heterocycles. The van der Waals surface area contributed by atoms with E-state index < -0.39 is 49.3 Å². The summed E-state index contributed by atoms with van der Waals surface area (Å²) in [7, 11) is 0. The molecule has 3 N–H and O–H groups in total. The van der Waals surface area contributed by atoms with Crippen LogP contribution in [-0.2, 0) is 14.5 Å². The van der Waals surface area contributed by atoms with Crippen molar-refractivity contribution in [2.45, 2.75) is 24.5 Å². The maximum atomic E-state index is 12.0. The third-order valence-corrected chi connectivity index (χ3v) is 2.84. The van der Waals surface area contributed by atoms with Gasteiger partial charge in [0, 0.05) is 12.3 Å². The number of H-pyrrole nitrogens is 1. The first-order chi connectivity index (χ1) is 9.58. The lowest BCUT2D eigenvalue weighted by Gasteiger charge is -2.20. The van der Waals surface area contributed by atoms with Crippen molar-refractivity contribution in [1.82, 2.24) is 9.55 Å². The number of aliphatic hydroxyl groups excluding tert-OH is 2. The van der Waals surface area contributed by atoms with Crippen LogP contribution in [0, 0.1) is 0 Å². The van der Waals surface area contributed by atoms with Gasteiger partial charge in [-0.05, 0) is 0 Å². The number of nitrogens with one attached hydrogen (secondary N) is 1. The van der Waals surface area contributed by atoms with Crippen molar-refractivity contribution in [3.63, 3.8) is 0 Å². The van der Waals surface area contributed by atoms with Crippen LogP contribution in [0.4, 0.5) is 4.39 Å². The first-order valence-corrected chi connectivity index (χ1v) is 5.68. The Bertz CT molecular complexity index is 559. The van der Waals surface area contributed by atoms with Gasteiger partial charge in [-0.1, -0.05) is 0 Å². The lowest BCUT2D eigenvalue weighted by molar-refractivity contribution is -0.360. The van der Waals surface area contributed by atoms with Crippen LogP contribution in [0.2, 0.25) is 0 Å². The molecule has 2 heterocycles. The van der Waals surface area contributed by atoms with Gasteiger partial charge in [0.15, 0.2) is 12.3 Å². The SMILES string of the molecule is O=c1ccn([C@H]2O[C@@H](CO)C(O)C2OOCF)c(=O)[nH]1. The molecule has 0 aliphatic carbocycles. The second-order valence-corrected chi connectivity index (χ2v) is 4.04. The summed E-state index contributed by atoms with van der Waals surface area (Å²) in [5.41, 5.74) is -1.41. The molecule has 1 aromatic heterocycles. The van der Waals surface area contributed by atoms with E-state index in [1.165, 1.54) is 0 Å². The number of ether oxygens (including phenoxy) is 1. The number of aliphatic hydroxyl groups is 2. The molecular weight excluding hydrogens is 279 g/mol. The van der Waals surface area contributed by atoms with E-state index in [1.807, 2.05) is 4.98 Å². The Kier molecular flexibility index (Phi) is 4.62. The molecule has 20 heavy (non-hydrogen) atoms. The molecule has 0 bridgehead atoms. The number of hydrogen-bond acceptors (Lipinski definition) is 7. The highest BCUT2D eigenvalue weighted by molar-refractivity contribution is 4.93. The van der Waals surface area contributed by atoms with Crippen LogP contribution in [0.3, 0.4) is 0 Å². The standard InChI is InChI=1S/C10H13FN2O7/c11-4-18-20-8-7(16)5(3-14)19-9(8)13-2-1-6(15)12-10(13)17/h1-2,5,7-9,14,16H,3-4H2,(H,12,15,17)/t5-,7?,8?,9-/m0/s1. The first-order valence-electron chi connectivity index (χ1n) is 5.68. The van der Waals surface area contributed by atoms with E-state index in [0.717, 1.165) is 16.8 Å². The summed E-state index contributed by atoms with van der Waals surface area (Å²) in [6, 6.07) is 1.07. The molecule has 0 aromatic carbocycles. The second-order valence-electron chi connectivity index (χ2n) is 4.04. The molecule has 10 heteroatoms. The van der Waals surface area contributed by atoms with Crippen molar-refractivity contribution in [3.8, 4) is 0 Å². The van der Waals surface area contributed by atoms with Gasteiger partial charge in [-0.3, -0.25) is 14.3 Å². The molecule has 4 atom stereocenters. The van der Waals surface area contributed by atoms with Gasteiger partial charge in [-0.25, -0.2) is 19.0 Å². The Labute approximate surface area is 111 Å². The molecule has 2 unspecified atom stereocenters. The Morgan fingerprint density at radius 2 is 2.25 bits per heavy atom. The second kappa shape index (κ2) is 6.24. The summed E-state index contributed by atoms with van der Waals surface area (Å²) in [6.45, 7) is -1.80. The topological polar surface area (TPSA) is 123 Å². The summed E-state index contributed by atoms with van der Waals surface area (Å²) >= 11 is 0. The normalized spacial score (nSPS) is 29.8. The van der Waals surface area contributed by atoms with E-state index in [1.54, 1.807) is 0 Å². The minimum absolute atomic E-state index is 0.536. The van der Waals surface area contributed by atoms with Crippen LogP contribution in [0.1, 0.15) is 6.23 Å². The lowest BCUT2D eigenvalue weighted by atomic mass is 10.1. The van der Waals surface area contributed by atoms with Crippen molar-refractivity contribution in [3.05, 3.63) is 33.1 Å². The van der Waals surface area contributed by atoms with Gasteiger partial charge in [0.05, 0.1) is 6.61 Å². The van der Waals surface area contributed by atoms with Crippen LogP contribution >= 0.6 is 0 Å². The Morgan fingerprint density at radius 3 is 2.85 bits per heavy atom. The maximum absolute atomic E-state index is 12.0. The molecule has 0 saturated carbocycles. The molecule has 112 valence electrons. The predicted octanol–water partition coefficient (Wildman–Crippen LogP) is -1.97. The van der Waals surface area contributed by atoms with Crippen LogP contribution in [0.15, 0.2) is 21.9 Å². The van der Waals surface area contributed by atoms with Crippen molar-refractivity contribution in [2.24, 2.45) is 0 Å². The van der Waals surface area contributed by atoms with Gasteiger partial charge >= 0.3 is 5.69 Å². The summed E-state index contributed by atoms with van der Waals surface area (Å²) in [4.78, 5) is 33.4. The molecule has 0 spiro atoms. The highest BCUT2D eigenvalue weighted by atomic mass is 19.1. The maximum Gasteiger partial charge on any atom is 0.330 e. The van der Waals surface area contributed by atoms with Crippen LogP contribution in [0.25, 0.3) is 0 Å². The Balaban J connectivity index is 2.31. The first kappa shape index (κ1) is 14.8. The summed E-state index contributed by atoms with van der Waals surface area (Å²) in [5.74, 6) is 0. The van der Waals surface area contributed by atoms with E-state index in [9.17, 15) is 19.1 Å². The van der Waals surface area contributed by atoms with E-state index in [2.05, 4.69) is 9.78 Å². The highest BCUT2D eigenvalue weighted by Crippen LogP contribution is 2.30. The van der Waals surface area contributed by atoms with E-state index in [4.69, 9.17) is 9.84 Å². The van der Waals surface area contributed by atoms with Crippen LogP contribution in [0.5, 0.6) is 0 Å². The average molecular weight is 292 g/mol. The zero-order chi connectivity index (χ0) is 14.7. The number of hydrogen-bond donors (Lipinski definition) is 3. The van der Waals surface area contributed by atoms with Crippen molar-refractivity contribution < 1.29 is 29.1 Å². The van der Waals surface area contributed by atoms with E-state index in [0.29, 0.717) is 0 Å². The van der Waals surface area contributed by atoms with Gasteiger partial charge in [0.2, 0.25) is 6.86 Å². The summed E-state index contributed by atoms with van der Waals surface area (Å²) < 4.78 is 18.2. The van der Waals surface area contributed by atoms with Crippen molar-refractivity contribution in [2.75, 3.05) is 13.5 Å². The van der Waals surface area contributed by atoms with E-state index >= 15 is 0 Å². The molecule has 1 aromatic rings. The number of rotatable bonds is 5. The third-order valence-electron chi connectivity index (χ3n) is 2.84. The quantitative estimate of drug-likeness (QED) is 0.425. The molecule has 9 nitrogen and oxygen atoms in total. The summed E-state index contributed by atoms with van der Waals surface area (Å²) in [6.07, 6.45) is -3.67. The predicted molar refractivity (Wildman–Crippen MR) is 60.3 cm³/mol. The molecule has 2 rings (SSSR count). The number of aromatic amines is 1. The molecule has 1 aliphatic heterocycles. The average Bonchev–Trinajstić information content (AvgIpc) is 2.73. The van der Waals surface area contributed by atoms with E-state index in [-0.39, 0.29) is 0 Å². The Hall–Kier alpha value is -1.59. The number of aromatic nitrogens is 2. The number of alkyl halides is 1. The summed E-state index contributed by atoms with van der Waals surface area (Å²) in [5, 5.41) is 18.9. The highest BCUT2D eigenvalue weighted by Gasteiger charge is 2.46. The molecular formula is C10H13FN2O7. The van der Waals surface area contributed by atoms with Gasteiger partial charge < -0.3 is 14.9 Å². The minimum atomic E-state index is -1.34. The molecule has 1 fully saturated rings. The minimum Gasteiger partial charge on any atom is -0.394 e. The molecule has 0 amide bonds. The fourth-order valence-corrected chi connectivity index (χ4v) is 1.93.